The molecule has 0 radical (unpaired) electrons. The van der Waals surface area contributed by atoms with Gasteiger partial charge >= 0.3 is 0 Å². The quantitative estimate of drug-likeness (QED) is 0.529. The molecule has 4 nitrogen and oxygen atoms in total. The second kappa shape index (κ2) is 7.04. The number of halogens is 1. The maximum atomic E-state index is 12.3. The first kappa shape index (κ1) is 17.3. The number of benzene rings is 1. The third-order valence-corrected chi connectivity index (χ3v) is 4.04. The number of imide groups is 1. The van der Waals surface area contributed by atoms with Gasteiger partial charge in [0.25, 0.3) is 11.8 Å². The number of carbonyl (C=O) groups is 2. The first-order valence-corrected chi connectivity index (χ1v) is 7.52. The van der Waals surface area contributed by atoms with E-state index in [1.807, 2.05) is 17.0 Å². The molecule has 0 spiro atoms. The molecule has 120 valence electrons. The van der Waals surface area contributed by atoms with Crippen molar-refractivity contribution in [2.24, 2.45) is 0 Å². The Morgan fingerprint density at radius 1 is 0.957 bits per heavy atom. The molecule has 0 aliphatic carbocycles. The molecule has 0 saturated heterocycles. The third kappa shape index (κ3) is 3.34. The first-order chi connectivity index (χ1) is 10.6. The fourth-order valence-corrected chi connectivity index (χ4v) is 2.66. The molecular weight excluding hydrogens is 356 g/mol. The lowest BCUT2D eigenvalue weighted by Gasteiger charge is -2.11. The van der Waals surface area contributed by atoms with Crippen LogP contribution in [0.5, 0.6) is 0 Å². The van der Waals surface area contributed by atoms with Crippen LogP contribution >= 0.6 is 0 Å². The number of carbonyl (C=O) groups excluding carboxylic acids is 2. The van der Waals surface area contributed by atoms with Gasteiger partial charge in [0, 0.05) is 12.1 Å². The highest BCUT2D eigenvalue weighted by Crippen LogP contribution is 2.21. The highest BCUT2D eigenvalue weighted by atomic mass is 79.9. The van der Waals surface area contributed by atoms with Gasteiger partial charge in [0.15, 0.2) is 18.9 Å². The Hall–Kier alpha value is -2.01. The average Bonchev–Trinajstić information content (AvgIpc) is 2.78. The standard InChI is InChI=1S/C18H19N2O2.BrH/c1-13(2)14-7-9-19(10-8-14)11-12-20-17(21)15-5-3-4-6-16(15)18(20)22;/h3-10,13H,11-12H2,1-2H3;1H/q+1;/p-1. The van der Waals surface area contributed by atoms with Crippen LogP contribution in [0.1, 0.15) is 46.0 Å². The fourth-order valence-electron chi connectivity index (χ4n) is 2.66. The van der Waals surface area contributed by atoms with Gasteiger partial charge in [0.1, 0.15) is 0 Å². The Kier molecular flexibility index (Phi) is 5.31. The highest BCUT2D eigenvalue weighted by molar-refractivity contribution is 6.21. The van der Waals surface area contributed by atoms with Gasteiger partial charge in [0.2, 0.25) is 0 Å². The van der Waals surface area contributed by atoms with Gasteiger partial charge in [-0.25, -0.2) is 4.57 Å². The Balaban J connectivity index is 0.00000192. The minimum atomic E-state index is -0.194. The maximum Gasteiger partial charge on any atom is 0.261 e. The second-order valence-corrected chi connectivity index (χ2v) is 5.83. The number of rotatable bonds is 4. The van der Waals surface area contributed by atoms with E-state index in [4.69, 9.17) is 0 Å². The van der Waals surface area contributed by atoms with Crippen molar-refractivity contribution in [1.29, 1.82) is 0 Å². The molecule has 0 saturated carbocycles. The molecule has 0 atom stereocenters. The molecule has 5 heteroatoms. The number of hydrogen-bond donors (Lipinski definition) is 0. The predicted octanol–water partition coefficient (Wildman–Crippen LogP) is -0.602. The highest BCUT2D eigenvalue weighted by Gasteiger charge is 2.35. The van der Waals surface area contributed by atoms with Crippen LogP contribution < -0.4 is 21.5 Å². The van der Waals surface area contributed by atoms with Crippen molar-refractivity contribution < 1.29 is 31.1 Å². The Morgan fingerprint density at radius 3 is 1.96 bits per heavy atom. The zero-order valence-electron chi connectivity index (χ0n) is 13.2. The number of pyridine rings is 1. The summed E-state index contributed by atoms with van der Waals surface area (Å²) in [4.78, 5) is 25.9. The van der Waals surface area contributed by atoms with Gasteiger partial charge in [-0.15, -0.1) is 0 Å². The van der Waals surface area contributed by atoms with Crippen LogP contribution in [-0.2, 0) is 6.54 Å². The van der Waals surface area contributed by atoms with Crippen LogP contribution in [0.25, 0.3) is 0 Å². The van der Waals surface area contributed by atoms with Crippen molar-refractivity contribution in [3.63, 3.8) is 0 Å². The van der Waals surface area contributed by atoms with Gasteiger partial charge in [-0.3, -0.25) is 14.5 Å². The number of amides is 2. The van der Waals surface area contributed by atoms with E-state index >= 15 is 0 Å². The SMILES string of the molecule is CC(C)c1cc[n+](CCN2C(=O)c3ccccc3C2=O)cc1.[Br-]. The van der Waals surface area contributed by atoms with Crippen molar-refractivity contribution in [2.45, 2.75) is 26.3 Å². The van der Waals surface area contributed by atoms with E-state index in [0.717, 1.165) is 0 Å². The van der Waals surface area contributed by atoms with Crippen molar-refractivity contribution in [1.82, 2.24) is 4.90 Å². The molecule has 0 fully saturated rings. The van der Waals surface area contributed by atoms with Crippen LogP contribution in [0, 0.1) is 0 Å². The topological polar surface area (TPSA) is 41.3 Å². The minimum Gasteiger partial charge on any atom is -1.00 e. The van der Waals surface area contributed by atoms with Crippen LogP contribution in [0.3, 0.4) is 0 Å². The molecule has 2 heterocycles. The van der Waals surface area contributed by atoms with E-state index in [1.54, 1.807) is 24.3 Å². The summed E-state index contributed by atoms with van der Waals surface area (Å²) in [5.41, 5.74) is 2.29. The Bertz CT molecular complexity index is 691. The van der Waals surface area contributed by atoms with Crippen molar-refractivity contribution in [3.8, 4) is 0 Å². The third-order valence-electron chi connectivity index (χ3n) is 4.04. The zero-order chi connectivity index (χ0) is 15.7. The van der Waals surface area contributed by atoms with Gasteiger partial charge in [-0.05, 0) is 23.6 Å². The van der Waals surface area contributed by atoms with Crippen LogP contribution in [0.4, 0.5) is 0 Å². The number of fused-ring (bicyclic) bond motifs is 1. The molecule has 0 unspecified atom stereocenters. The van der Waals surface area contributed by atoms with E-state index in [-0.39, 0.29) is 28.8 Å². The molecule has 1 aliphatic rings. The summed E-state index contributed by atoms with van der Waals surface area (Å²) >= 11 is 0. The summed E-state index contributed by atoms with van der Waals surface area (Å²) in [6.07, 6.45) is 3.99. The Labute approximate surface area is 146 Å². The molecule has 1 aromatic heterocycles. The van der Waals surface area contributed by atoms with Crippen molar-refractivity contribution >= 4 is 11.8 Å². The van der Waals surface area contributed by atoms with E-state index in [2.05, 4.69) is 26.0 Å². The van der Waals surface area contributed by atoms with Crippen molar-refractivity contribution in [3.05, 3.63) is 65.5 Å². The minimum absolute atomic E-state index is 0. The second-order valence-electron chi connectivity index (χ2n) is 5.83. The lowest BCUT2D eigenvalue weighted by Crippen LogP contribution is -3.00. The monoisotopic (exact) mass is 374 g/mol. The van der Waals surface area contributed by atoms with Gasteiger partial charge in [0.05, 0.1) is 17.7 Å². The van der Waals surface area contributed by atoms with Crippen LogP contribution in [0.15, 0.2) is 48.8 Å². The lowest BCUT2D eigenvalue weighted by molar-refractivity contribution is -0.696. The molecule has 3 rings (SSSR count). The molecule has 0 N–H and O–H groups in total. The summed E-state index contributed by atoms with van der Waals surface area (Å²) in [6, 6.07) is 11.1. The molecule has 2 amide bonds. The van der Waals surface area contributed by atoms with Gasteiger partial charge < -0.3 is 17.0 Å². The fraction of sp³-hybridized carbons (Fsp3) is 0.278. The van der Waals surface area contributed by atoms with Gasteiger partial charge in [-0.2, -0.15) is 0 Å². The molecule has 1 aliphatic heterocycles. The molecule has 2 aromatic rings. The number of nitrogens with zero attached hydrogens (tertiary/aromatic N) is 2. The summed E-state index contributed by atoms with van der Waals surface area (Å²) in [5, 5.41) is 0. The van der Waals surface area contributed by atoms with E-state index in [1.165, 1.54) is 10.5 Å². The Morgan fingerprint density at radius 2 is 1.48 bits per heavy atom. The average molecular weight is 375 g/mol. The molecule has 1 aromatic carbocycles. The van der Waals surface area contributed by atoms with Crippen LogP contribution in [0.2, 0.25) is 0 Å². The molecular formula is C18H19BrN2O2. The summed E-state index contributed by atoms with van der Waals surface area (Å²) < 4.78 is 2.00. The number of aromatic nitrogens is 1. The largest absolute Gasteiger partial charge is 1.00 e. The van der Waals surface area contributed by atoms with E-state index in [0.29, 0.717) is 30.1 Å². The maximum absolute atomic E-state index is 12.3. The number of hydrogen-bond acceptors (Lipinski definition) is 2. The van der Waals surface area contributed by atoms with Crippen molar-refractivity contribution in [2.75, 3.05) is 6.54 Å². The van der Waals surface area contributed by atoms with E-state index < -0.39 is 0 Å². The zero-order valence-corrected chi connectivity index (χ0v) is 14.8. The normalized spacial score (nSPS) is 13.3. The first-order valence-electron chi connectivity index (χ1n) is 7.52. The molecule has 0 bridgehead atoms. The smallest absolute Gasteiger partial charge is 0.261 e. The van der Waals surface area contributed by atoms with E-state index in [9.17, 15) is 9.59 Å². The molecule has 23 heavy (non-hydrogen) atoms. The van der Waals surface area contributed by atoms with Crippen LogP contribution in [-0.4, -0.2) is 23.3 Å². The lowest BCUT2D eigenvalue weighted by atomic mass is 10.1. The summed E-state index contributed by atoms with van der Waals surface area (Å²) in [7, 11) is 0. The van der Waals surface area contributed by atoms with Gasteiger partial charge in [-0.1, -0.05) is 26.0 Å². The predicted molar refractivity (Wildman–Crippen MR) is 82.5 cm³/mol. The summed E-state index contributed by atoms with van der Waals surface area (Å²) in [5.74, 6) is 0.103. The summed E-state index contributed by atoms with van der Waals surface area (Å²) in [6.45, 7) is 5.29.